The predicted octanol–water partition coefficient (Wildman–Crippen LogP) is 2.56. The van der Waals surface area contributed by atoms with Crippen LogP contribution in [0.3, 0.4) is 0 Å². The molecule has 1 atom stereocenters. The number of hydrogen-bond acceptors (Lipinski definition) is 3. The lowest BCUT2D eigenvalue weighted by Gasteiger charge is -2.36. The van der Waals surface area contributed by atoms with Crippen LogP contribution in [-0.4, -0.2) is 42.7 Å². The standard InChI is InChI=1S/C18H27N5O/c1-15-12-20-22(13-15)14-17-6-3-4-10-23(17)18(24)7-5-9-21-11-8-19-16(21)2/h8,11-13,17H,3-7,9-10,14H2,1-2H3/t17-/m0/s1. The third-order valence-corrected chi connectivity index (χ3v) is 4.82. The Labute approximate surface area is 143 Å². The van der Waals surface area contributed by atoms with E-state index in [0.29, 0.717) is 6.42 Å². The molecular formula is C18H27N5O. The summed E-state index contributed by atoms with van der Waals surface area (Å²) >= 11 is 0. The first-order chi connectivity index (χ1) is 11.6. The van der Waals surface area contributed by atoms with E-state index < -0.39 is 0 Å². The SMILES string of the molecule is Cc1cnn(C[C@@H]2CCCCN2C(=O)CCCn2ccnc2C)c1. The van der Waals surface area contributed by atoms with Crippen molar-refractivity contribution in [3.63, 3.8) is 0 Å². The Bertz CT molecular complexity index is 675. The maximum Gasteiger partial charge on any atom is 0.222 e. The van der Waals surface area contributed by atoms with Crippen LogP contribution in [0.15, 0.2) is 24.8 Å². The molecule has 3 heterocycles. The fourth-order valence-corrected chi connectivity index (χ4v) is 3.49. The zero-order valence-electron chi connectivity index (χ0n) is 14.7. The van der Waals surface area contributed by atoms with Crippen molar-refractivity contribution in [3.05, 3.63) is 36.2 Å². The summed E-state index contributed by atoms with van der Waals surface area (Å²) in [6.07, 6.45) is 12.6. The van der Waals surface area contributed by atoms with Crippen molar-refractivity contribution >= 4 is 5.91 Å². The molecule has 3 rings (SSSR count). The number of likely N-dealkylation sites (tertiary alicyclic amines) is 1. The Morgan fingerprint density at radius 2 is 2.21 bits per heavy atom. The summed E-state index contributed by atoms with van der Waals surface area (Å²) in [7, 11) is 0. The molecule has 0 bridgehead atoms. The van der Waals surface area contributed by atoms with Gasteiger partial charge in [-0.15, -0.1) is 0 Å². The molecule has 130 valence electrons. The van der Waals surface area contributed by atoms with E-state index in [9.17, 15) is 4.79 Å². The van der Waals surface area contributed by atoms with Crippen LogP contribution >= 0.6 is 0 Å². The summed E-state index contributed by atoms with van der Waals surface area (Å²) in [6, 6.07) is 0.278. The number of rotatable bonds is 6. The van der Waals surface area contributed by atoms with Crippen molar-refractivity contribution in [1.29, 1.82) is 0 Å². The van der Waals surface area contributed by atoms with Crippen molar-refractivity contribution < 1.29 is 4.79 Å². The van der Waals surface area contributed by atoms with E-state index in [1.54, 1.807) is 0 Å². The van der Waals surface area contributed by atoms with Crippen molar-refractivity contribution in [1.82, 2.24) is 24.2 Å². The zero-order chi connectivity index (χ0) is 16.9. The highest BCUT2D eigenvalue weighted by molar-refractivity contribution is 5.76. The topological polar surface area (TPSA) is 56.0 Å². The summed E-state index contributed by atoms with van der Waals surface area (Å²) in [5, 5.41) is 4.38. The van der Waals surface area contributed by atoms with Crippen LogP contribution < -0.4 is 0 Å². The van der Waals surface area contributed by atoms with E-state index in [1.165, 1.54) is 12.0 Å². The van der Waals surface area contributed by atoms with E-state index >= 15 is 0 Å². The number of amides is 1. The highest BCUT2D eigenvalue weighted by atomic mass is 16.2. The van der Waals surface area contributed by atoms with Crippen LogP contribution in [0, 0.1) is 13.8 Å². The third kappa shape index (κ3) is 4.04. The first-order valence-corrected chi connectivity index (χ1v) is 8.90. The minimum Gasteiger partial charge on any atom is -0.338 e. The minimum atomic E-state index is 0.278. The van der Waals surface area contributed by atoms with E-state index in [0.717, 1.165) is 44.7 Å². The van der Waals surface area contributed by atoms with E-state index in [4.69, 9.17) is 0 Å². The van der Waals surface area contributed by atoms with Crippen molar-refractivity contribution in [2.75, 3.05) is 6.54 Å². The average Bonchev–Trinajstić information content (AvgIpc) is 3.16. The molecule has 24 heavy (non-hydrogen) atoms. The van der Waals surface area contributed by atoms with E-state index in [1.807, 2.05) is 37.1 Å². The molecule has 0 N–H and O–H groups in total. The Hall–Kier alpha value is -2.11. The van der Waals surface area contributed by atoms with Gasteiger partial charge in [-0.25, -0.2) is 4.98 Å². The molecule has 0 spiro atoms. The number of carbonyl (C=O) groups is 1. The lowest BCUT2D eigenvalue weighted by molar-refractivity contribution is -0.135. The molecule has 1 aliphatic heterocycles. The largest absolute Gasteiger partial charge is 0.338 e. The molecule has 6 heteroatoms. The van der Waals surface area contributed by atoms with Gasteiger partial charge < -0.3 is 9.47 Å². The van der Waals surface area contributed by atoms with Crippen molar-refractivity contribution in [2.24, 2.45) is 0 Å². The van der Waals surface area contributed by atoms with Gasteiger partial charge in [-0.05, 0) is 45.1 Å². The fourth-order valence-electron chi connectivity index (χ4n) is 3.49. The summed E-state index contributed by atoms with van der Waals surface area (Å²) in [5.74, 6) is 1.29. The van der Waals surface area contributed by atoms with E-state index in [2.05, 4.69) is 25.7 Å². The molecule has 0 radical (unpaired) electrons. The number of carbonyl (C=O) groups excluding carboxylic acids is 1. The smallest absolute Gasteiger partial charge is 0.222 e. The summed E-state index contributed by atoms with van der Waals surface area (Å²) in [4.78, 5) is 19.0. The Balaban J connectivity index is 1.54. The van der Waals surface area contributed by atoms with Gasteiger partial charge in [0.2, 0.25) is 5.91 Å². The lowest BCUT2D eigenvalue weighted by Crippen LogP contribution is -2.45. The van der Waals surface area contributed by atoms with Gasteiger partial charge >= 0.3 is 0 Å². The number of imidazole rings is 1. The van der Waals surface area contributed by atoms with Gasteiger partial charge in [-0.2, -0.15) is 5.10 Å². The summed E-state index contributed by atoms with van der Waals surface area (Å²) in [6.45, 7) is 6.59. The highest BCUT2D eigenvalue weighted by Crippen LogP contribution is 2.20. The normalized spacial score (nSPS) is 18.1. The first-order valence-electron chi connectivity index (χ1n) is 8.90. The monoisotopic (exact) mass is 329 g/mol. The number of hydrogen-bond donors (Lipinski definition) is 0. The van der Waals surface area contributed by atoms with Gasteiger partial charge in [0.05, 0.1) is 18.8 Å². The molecule has 0 aliphatic carbocycles. The van der Waals surface area contributed by atoms with E-state index in [-0.39, 0.29) is 11.9 Å². The second kappa shape index (κ2) is 7.64. The molecule has 2 aromatic heterocycles. The number of aromatic nitrogens is 4. The van der Waals surface area contributed by atoms with Crippen LogP contribution in [0.4, 0.5) is 0 Å². The first kappa shape index (κ1) is 16.7. The fraction of sp³-hybridized carbons (Fsp3) is 0.611. The van der Waals surface area contributed by atoms with Crippen molar-refractivity contribution in [3.8, 4) is 0 Å². The van der Waals surface area contributed by atoms with Crippen LogP contribution in [0.25, 0.3) is 0 Å². The molecule has 2 aromatic rings. The molecule has 0 aromatic carbocycles. The third-order valence-electron chi connectivity index (χ3n) is 4.82. The predicted molar refractivity (Wildman–Crippen MR) is 92.5 cm³/mol. The maximum absolute atomic E-state index is 12.7. The summed E-state index contributed by atoms with van der Waals surface area (Å²) in [5.41, 5.74) is 1.17. The molecule has 1 amide bonds. The molecule has 1 fully saturated rings. The lowest BCUT2D eigenvalue weighted by atomic mass is 10.0. The van der Waals surface area contributed by atoms with Gasteiger partial charge in [0, 0.05) is 38.1 Å². The molecule has 0 saturated carbocycles. The molecule has 1 aliphatic rings. The van der Waals surface area contributed by atoms with Crippen LogP contribution in [0.1, 0.15) is 43.5 Å². The van der Waals surface area contributed by atoms with Gasteiger partial charge in [0.15, 0.2) is 0 Å². The summed E-state index contributed by atoms with van der Waals surface area (Å²) < 4.78 is 4.08. The quantitative estimate of drug-likeness (QED) is 0.818. The zero-order valence-corrected chi connectivity index (χ0v) is 14.7. The Kier molecular flexibility index (Phi) is 5.33. The molecule has 1 saturated heterocycles. The van der Waals surface area contributed by atoms with Crippen LogP contribution in [0.5, 0.6) is 0 Å². The van der Waals surface area contributed by atoms with Gasteiger partial charge in [-0.3, -0.25) is 9.48 Å². The average molecular weight is 329 g/mol. The Morgan fingerprint density at radius 1 is 1.33 bits per heavy atom. The highest BCUT2D eigenvalue weighted by Gasteiger charge is 2.26. The molecular weight excluding hydrogens is 302 g/mol. The van der Waals surface area contributed by atoms with Crippen LogP contribution in [-0.2, 0) is 17.9 Å². The number of piperidine rings is 1. The maximum atomic E-state index is 12.7. The Morgan fingerprint density at radius 3 is 2.92 bits per heavy atom. The van der Waals surface area contributed by atoms with Crippen LogP contribution in [0.2, 0.25) is 0 Å². The second-order valence-electron chi connectivity index (χ2n) is 6.75. The molecule has 0 unspecified atom stereocenters. The van der Waals surface area contributed by atoms with Gasteiger partial charge in [0.1, 0.15) is 5.82 Å². The second-order valence-corrected chi connectivity index (χ2v) is 6.75. The van der Waals surface area contributed by atoms with Gasteiger partial charge in [0.25, 0.3) is 0 Å². The van der Waals surface area contributed by atoms with Gasteiger partial charge in [-0.1, -0.05) is 0 Å². The van der Waals surface area contributed by atoms with Crippen molar-refractivity contribution in [2.45, 2.75) is 65.1 Å². The minimum absolute atomic E-state index is 0.278. The number of nitrogens with zero attached hydrogens (tertiary/aromatic N) is 5. The molecule has 6 nitrogen and oxygen atoms in total. The number of aryl methyl sites for hydroxylation is 3.